The van der Waals surface area contributed by atoms with Crippen molar-refractivity contribution in [3.05, 3.63) is 34.7 Å². The van der Waals surface area contributed by atoms with E-state index in [1.807, 2.05) is 6.92 Å². The van der Waals surface area contributed by atoms with Gasteiger partial charge in [-0.15, -0.1) is 11.6 Å². The highest BCUT2D eigenvalue weighted by Crippen LogP contribution is 2.18. The summed E-state index contributed by atoms with van der Waals surface area (Å²) in [6, 6.07) is 3.50. The second-order valence-electron chi connectivity index (χ2n) is 3.82. The minimum atomic E-state index is -0.175. The van der Waals surface area contributed by atoms with Crippen molar-refractivity contribution >= 4 is 40.6 Å². The van der Waals surface area contributed by atoms with Gasteiger partial charge in [0.2, 0.25) is 11.8 Å². The summed E-state index contributed by atoms with van der Waals surface area (Å²) < 4.78 is 6.75. The summed E-state index contributed by atoms with van der Waals surface area (Å²) >= 11 is 11.4. The van der Waals surface area contributed by atoms with Crippen LogP contribution in [0.2, 0.25) is 5.02 Å². The van der Waals surface area contributed by atoms with Crippen LogP contribution in [0.1, 0.15) is 18.3 Å². The number of nitrogens with one attached hydrogen (secondary N) is 2. The lowest BCUT2D eigenvalue weighted by atomic mass is 10.2. The standard InChI is InChI=1S/C12H12Cl2N4O/c1-2-8-11(12(16)19-9(15)5-13)18-6-7(14)3-4-10(18)17-8/h3-4,6,15-16H,2,5H2,1H3. The van der Waals surface area contributed by atoms with Crippen molar-refractivity contribution in [2.75, 3.05) is 5.88 Å². The van der Waals surface area contributed by atoms with E-state index in [2.05, 4.69) is 4.98 Å². The van der Waals surface area contributed by atoms with E-state index in [1.165, 1.54) is 0 Å². The number of rotatable bonds is 3. The maximum absolute atomic E-state index is 7.95. The van der Waals surface area contributed by atoms with Crippen LogP contribution in [0.3, 0.4) is 0 Å². The van der Waals surface area contributed by atoms with Gasteiger partial charge < -0.3 is 4.74 Å². The van der Waals surface area contributed by atoms with Crippen molar-refractivity contribution in [2.45, 2.75) is 13.3 Å². The van der Waals surface area contributed by atoms with Crippen LogP contribution in [-0.2, 0) is 11.2 Å². The Morgan fingerprint density at radius 2 is 2.16 bits per heavy atom. The number of pyridine rings is 1. The molecule has 0 atom stereocenters. The van der Waals surface area contributed by atoms with Gasteiger partial charge in [-0.25, -0.2) is 4.98 Å². The zero-order chi connectivity index (χ0) is 14.0. The molecule has 0 bridgehead atoms. The molecule has 0 unspecified atom stereocenters. The lowest BCUT2D eigenvalue weighted by Gasteiger charge is -2.07. The number of hydrogen-bond donors (Lipinski definition) is 2. The van der Waals surface area contributed by atoms with E-state index in [4.69, 9.17) is 38.8 Å². The summed E-state index contributed by atoms with van der Waals surface area (Å²) in [7, 11) is 0. The minimum absolute atomic E-state index is 0.0820. The molecule has 2 N–H and O–H groups in total. The number of hydrogen-bond acceptors (Lipinski definition) is 4. The number of aryl methyl sites for hydroxylation is 1. The van der Waals surface area contributed by atoms with E-state index in [0.29, 0.717) is 22.8 Å². The van der Waals surface area contributed by atoms with Crippen LogP contribution in [0.25, 0.3) is 5.65 Å². The lowest BCUT2D eigenvalue weighted by Crippen LogP contribution is -2.16. The van der Waals surface area contributed by atoms with Crippen LogP contribution in [0.4, 0.5) is 0 Å². The molecule has 2 aromatic rings. The van der Waals surface area contributed by atoms with Gasteiger partial charge in [-0.05, 0) is 18.6 Å². The topological polar surface area (TPSA) is 74.2 Å². The molecule has 5 nitrogen and oxygen atoms in total. The Labute approximate surface area is 120 Å². The molecular formula is C12H12Cl2N4O. The van der Waals surface area contributed by atoms with Crippen molar-refractivity contribution in [1.82, 2.24) is 9.38 Å². The average molecular weight is 299 g/mol. The predicted molar refractivity (Wildman–Crippen MR) is 75.9 cm³/mol. The summed E-state index contributed by atoms with van der Waals surface area (Å²) in [4.78, 5) is 4.41. The average Bonchev–Trinajstić information content (AvgIpc) is 2.76. The molecule has 0 spiro atoms. The van der Waals surface area contributed by atoms with Gasteiger partial charge >= 0.3 is 0 Å². The largest absolute Gasteiger partial charge is 0.422 e. The first kappa shape index (κ1) is 13.8. The monoisotopic (exact) mass is 298 g/mol. The Morgan fingerprint density at radius 1 is 1.42 bits per heavy atom. The van der Waals surface area contributed by atoms with Gasteiger partial charge in [0.15, 0.2) is 0 Å². The molecule has 100 valence electrons. The number of fused-ring (bicyclic) bond motifs is 1. The zero-order valence-corrected chi connectivity index (χ0v) is 11.7. The minimum Gasteiger partial charge on any atom is -0.422 e. The smallest absolute Gasteiger partial charge is 0.239 e. The molecule has 0 aliphatic carbocycles. The van der Waals surface area contributed by atoms with E-state index in [9.17, 15) is 0 Å². The van der Waals surface area contributed by atoms with Gasteiger partial charge in [0.05, 0.1) is 16.6 Å². The summed E-state index contributed by atoms with van der Waals surface area (Å²) in [5.41, 5.74) is 1.89. The van der Waals surface area contributed by atoms with Gasteiger partial charge in [-0.2, -0.15) is 0 Å². The molecule has 19 heavy (non-hydrogen) atoms. The van der Waals surface area contributed by atoms with E-state index >= 15 is 0 Å². The molecule has 0 fully saturated rings. The fourth-order valence-corrected chi connectivity index (χ4v) is 1.97. The van der Waals surface area contributed by atoms with Crippen molar-refractivity contribution in [3.63, 3.8) is 0 Å². The summed E-state index contributed by atoms with van der Waals surface area (Å²) in [5, 5.41) is 15.9. The third-order valence-electron chi connectivity index (χ3n) is 2.55. The van der Waals surface area contributed by atoms with Crippen molar-refractivity contribution < 1.29 is 4.74 Å². The molecule has 2 rings (SSSR count). The van der Waals surface area contributed by atoms with Crippen molar-refractivity contribution in [2.24, 2.45) is 0 Å². The summed E-state index contributed by atoms with van der Waals surface area (Å²) in [5.74, 6) is -0.413. The molecule has 0 saturated heterocycles. The third-order valence-corrected chi connectivity index (χ3v) is 3.02. The Morgan fingerprint density at radius 3 is 2.79 bits per heavy atom. The van der Waals surface area contributed by atoms with Gasteiger partial charge in [-0.3, -0.25) is 15.2 Å². The number of halogens is 2. The van der Waals surface area contributed by atoms with Crippen LogP contribution in [0.5, 0.6) is 0 Å². The fraction of sp³-hybridized carbons (Fsp3) is 0.250. The molecule has 7 heteroatoms. The molecule has 0 aliphatic heterocycles. The first-order chi connectivity index (χ1) is 9.06. The Hall–Kier alpha value is -1.59. The number of nitrogens with zero attached hydrogens (tertiary/aromatic N) is 2. The van der Waals surface area contributed by atoms with Crippen LogP contribution in [0.15, 0.2) is 18.3 Å². The normalized spacial score (nSPS) is 10.7. The Kier molecular flexibility index (Phi) is 4.07. The highest BCUT2D eigenvalue weighted by molar-refractivity contribution is 6.30. The number of alkyl halides is 1. The molecule has 0 saturated carbocycles. The maximum Gasteiger partial charge on any atom is 0.239 e. The summed E-state index contributed by atoms with van der Waals surface area (Å²) in [6.45, 7) is 1.94. The first-order valence-corrected chi connectivity index (χ1v) is 6.54. The predicted octanol–water partition coefficient (Wildman–Crippen LogP) is 3.11. The second-order valence-corrected chi connectivity index (χ2v) is 4.53. The van der Waals surface area contributed by atoms with Gasteiger partial charge in [-0.1, -0.05) is 18.5 Å². The molecular weight excluding hydrogens is 287 g/mol. The maximum atomic E-state index is 7.95. The highest BCUT2D eigenvalue weighted by Gasteiger charge is 2.18. The number of aromatic nitrogens is 2. The molecule has 0 aliphatic rings. The Balaban J connectivity index is 2.53. The second kappa shape index (κ2) is 5.59. The Bertz CT molecular complexity index is 650. The van der Waals surface area contributed by atoms with Crippen molar-refractivity contribution in [3.8, 4) is 0 Å². The van der Waals surface area contributed by atoms with Crippen LogP contribution in [0, 0.1) is 10.8 Å². The number of ether oxygens (including phenoxy) is 1. The molecule has 0 amide bonds. The highest BCUT2D eigenvalue weighted by atomic mass is 35.5. The molecule has 2 aromatic heterocycles. The molecule has 0 radical (unpaired) electrons. The van der Waals surface area contributed by atoms with Gasteiger partial charge in [0.25, 0.3) is 0 Å². The summed E-state index contributed by atoms with van der Waals surface area (Å²) in [6.07, 6.45) is 2.31. The van der Waals surface area contributed by atoms with E-state index in [-0.39, 0.29) is 17.7 Å². The zero-order valence-electron chi connectivity index (χ0n) is 10.2. The van der Waals surface area contributed by atoms with Crippen LogP contribution in [-0.4, -0.2) is 27.1 Å². The van der Waals surface area contributed by atoms with Gasteiger partial charge in [0, 0.05) is 6.20 Å². The quantitative estimate of drug-likeness (QED) is 0.519. The van der Waals surface area contributed by atoms with Crippen LogP contribution >= 0.6 is 23.2 Å². The van der Waals surface area contributed by atoms with Crippen molar-refractivity contribution in [1.29, 1.82) is 10.8 Å². The molecule has 0 aromatic carbocycles. The SMILES string of the molecule is CCc1nc2ccc(Cl)cn2c1C(=N)OC(=N)CCl. The van der Waals surface area contributed by atoms with Crippen LogP contribution < -0.4 is 0 Å². The fourth-order valence-electron chi connectivity index (χ4n) is 1.75. The molecule has 2 heterocycles. The van der Waals surface area contributed by atoms with E-state index in [1.54, 1.807) is 22.7 Å². The number of imidazole rings is 1. The lowest BCUT2D eigenvalue weighted by molar-refractivity contribution is 0.529. The first-order valence-electron chi connectivity index (χ1n) is 5.63. The van der Waals surface area contributed by atoms with E-state index in [0.717, 1.165) is 5.69 Å². The van der Waals surface area contributed by atoms with E-state index < -0.39 is 0 Å². The van der Waals surface area contributed by atoms with Gasteiger partial charge in [0.1, 0.15) is 11.3 Å². The third kappa shape index (κ3) is 2.72.